The van der Waals surface area contributed by atoms with Crippen molar-refractivity contribution in [3.05, 3.63) is 59.8 Å². The summed E-state index contributed by atoms with van der Waals surface area (Å²) in [4.78, 5) is 13.7. The Kier molecular flexibility index (Phi) is 14.0. The monoisotopic (exact) mass is 503 g/mol. The molecule has 202 valence electrons. The molecule has 5 atom stereocenters. The summed E-state index contributed by atoms with van der Waals surface area (Å²) >= 11 is 0. The third kappa shape index (κ3) is 11.4. The van der Waals surface area contributed by atoms with E-state index in [9.17, 15) is 14.3 Å². The lowest BCUT2D eigenvalue weighted by Crippen LogP contribution is -2.39. The molecular formula is C30H46FNO4. The molecule has 6 heteroatoms. The van der Waals surface area contributed by atoms with Crippen molar-refractivity contribution in [1.82, 2.24) is 4.90 Å². The van der Waals surface area contributed by atoms with Gasteiger partial charge in [0, 0.05) is 24.9 Å². The number of carbonyl (C=O) groups excluding carboxylic acids is 1. The van der Waals surface area contributed by atoms with Crippen LogP contribution in [-0.4, -0.2) is 66.7 Å². The highest BCUT2D eigenvalue weighted by Gasteiger charge is 2.28. The maximum absolute atomic E-state index is 14.0. The molecule has 1 aliphatic heterocycles. The summed E-state index contributed by atoms with van der Waals surface area (Å²) in [7, 11) is 0. The highest BCUT2D eigenvalue weighted by Crippen LogP contribution is 2.28. The molecule has 0 amide bonds. The van der Waals surface area contributed by atoms with Gasteiger partial charge in [-0.05, 0) is 64.1 Å². The summed E-state index contributed by atoms with van der Waals surface area (Å²) in [5.41, 5.74) is 2.15. The average Bonchev–Trinajstić information content (AvgIpc) is 3.27. The molecule has 36 heavy (non-hydrogen) atoms. The number of alkyl halides is 1. The van der Waals surface area contributed by atoms with Crippen molar-refractivity contribution in [2.75, 3.05) is 26.3 Å². The Bertz CT molecular complexity index is 816. The van der Waals surface area contributed by atoms with Crippen molar-refractivity contribution in [3.63, 3.8) is 0 Å². The number of nitrogens with zero attached hydrogens (tertiary/aromatic N) is 1. The van der Waals surface area contributed by atoms with Crippen LogP contribution in [0.2, 0.25) is 0 Å². The number of β-amino-alcohol motifs (C(OH)–C–C–N with tert-alkyl or cyclic N) is 1. The molecule has 0 aromatic rings. The number of likely N-dealkylation sites (tertiary alicyclic amines) is 1. The normalized spacial score (nSPS) is 25.0. The number of carbonyl (C=O) groups is 1. The van der Waals surface area contributed by atoms with Gasteiger partial charge in [-0.2, -0.15) is 0 Å². The number of halogens is 1. The minimum Gasteiger partial charge on any atom is -0.466 e. The van der Waals surface area contributed by atoms with Crippen molar-refractivity contribution in [3.8, 4) is 0 Å². The Morgan fingerprint density at radius 1 is 1.36 bits per heavy atom. The van der Waals surface area contributed by atoms with Crippen molar-refractivity contribution in [1.29, 1.82) is 0 Å². The van der Waals surface area contributed by atoms with E-state index in [1.807, 2.05) is 57.2 Å². The van der Waals surface area contributed by atoms with Gasteiger partial charge in [-0.1, -0.05) is 62.0 Å². The number of aliphatic hydroxyl groups is 1. The predicted octanol–water partition coefficient (Wildman–Crippen LogP) is 5.87. The first-order chi connectivity index (χ1) is 17.3. The topological polar surface area (TPSA) is 59.0 Å². The molecule has 1 N–H and O–H groups in total. The van der Waals surface area contributed by atoms with E-state index in [1.165, 1.54) is 0 Å². The zero-order valence-corrected chi connectivity index (χ0v) is 22.6. The molecule has 5 nitrogen and oxygen atoms in total. The number of allylic oxidation sites excluding steroid dienone is 8. The van der Waals surface area contributed by atoms with Crippen LogP contribution in [0.1, 0.15) is 66.2 Å². The molecule has 2 aliphatic rings. The van der Waals surface area contributed by atoms with Gasteiger partial charge in [0.2, 0.25) is 0 Å². The lowest BCUT2D eigenvalue weighted by molar-refractivity contribution is -0.143. The number of hydrogen-bond donors (Lipinski definition) is 1. The molecule has 0 radical (unpaired) electrons. The summed E-state index contributed by atoms with van der Waals surface area (Å²) < 4.78 is 24.9. The molecule has 0 bridgehead atoms. The third-order valence-corrected chi connectivity index (χ3v) is 6.70. The van der Waals surface area contributed by atoms with Crippen molar-refractivity contribution in [2.45, 2.75) is 90.6 Å². The minimum absolute atomic E-state index is 0.0494. The second-order valence-corrected chi connectivity index (χ2v) is 9.87. The molecule has 1 aliphatic carbocycles. The lowest BCUT2D eigenvalue weighted by atomic mass is 9.92. The smallest absolute Gasteiger partial charge is 0.306 e. The molecule has 0 spiro atoms. The summed E-state index contributed by atoms with van der Waals surface area (Å²) in [6.07, 6.45) is 19.1. The second-order valence-electron chi connectivity index (χ2n) is 9.87. The van der Waals surface area contributed by atoms with Crippen LogP contribution in [-0.2, 0) is 14.3 Å². The van der Waals surface area contributed by atoms with E-state index in [0.717, 1.165) is 43.4 Å². The molecule has 3 unspecified atom stereocenters. The SMILES string of the molecule is CCOC(=O)CC/C=C/C(C)=C\C=C\[C@@H](CC)OCC(O)CN1CCC[C@H]1CC1=CC(F)C(C)C=C1. The number of hydrogen-bond acceptors (Lipinski definition) is 5. The number of rotatable bonds is 15. The second kappa shape index (κ2) is 16.7. The van der Waals surface area contributed by atoms with E-state index in [-0.39, 0.29) is 24.6 Å². The fraction of sp³-hybridized carbons (Fsp3) is 0.633. The standard InChI is InChI=1S/C30H46FNO4/c1-5-28(14-9-12-23(3)11-7-8-15-30(34)35-6-2)36-22-27(33)21-32-18-10-13-26(32)19-25-17-16-24(4)29(31)20-25/h7,9,11-12,14,16-17,20,24,26-29,33H,5-6,8,10,13,15,18-19,21-22H2,1-4H3/b11-7+,14-9+,23-12-/t24?,26-,27?,28+,29?/m0/s1. The van der Waals surface area contributed by atoms with Crippen LogP contribution in [0.4, 0.5) is 4.39 Å². The molecule has 1 fully saturated rings. The fourth-order valence-corrected chi connectivity index (χ4v) is 4.53. The Morgan fingerprint density at radius 2 is 2.17 bits per heavy atom. The Morgan fingerprint density at radius 3 is 2.89 bits per heavy atom. The van der Waals surface area contributed by atoms with Gasteiger partial charge in [-0.3, -0.25) is 9.69 Å². The Hall–Kier alpha value is -2.02. The number of esters is 1. The van der Waals surface area contributed by atoms with Gasteiger partial charge in [0.05, 0.1) is 25.4 Å². The summed E-state index contributed by atoms with van der Waals surface area (Å²) in [6.45, 7) is 10.0. The highest BCUT2D eigenvalue weighted by atomic mass is 19.1. The first kappa shape index (κ1) is 30.2. The Labute approximate surface area is 217 Å². The Balaban J connectivity index is 1.73. The highest BCUT2D eigenvalue weighted by molar-refractivity contribution is 5.69. The van der Waals surface area contributed by atoms with Crippen LogP contribution in [0.25, 0.3) is 0 Å². The van der Waals surface area contributed by atoms with Gasteiger partial charge in [-0.15, -0.1) is 0 Å². The lowest BCUT2D eigenvalue weighted by Gasteiger charge is -2.28. The van der Waals surface area contributed by atoms with E-state index >= 15 is 0 Å². The van der Waals surface area contributed by atoms with E-state index < -0.39 is 12.3 Å². The summed E-state index contributed by atoms with van der Waals surface area (Å²) in [6, 6.07) is 0.344. The van der Waals surface area contributed by atoms with Gasteiger partial charge in [0.25, 0.3) is 0 Å². The van der Waals surface area contributed by atoms with Gasteiger partial charge in [0.1, 0.15) is 6.17 Å². The number of ether oxygens (including phenoxy) is 2. The summed E-state index contributed by atoms with van der Waals surface area (Å²) in [5, 5.41) is 10.6. The van der Waals surface area contributed by atoms with Crippen LogP contribution >= 0.6 is 0 Å². The quantitative estimate of drug-likeness (QED) is 0.224. The molecule has 1 saturated heterocycles. The van der Waals surface area contributed by atoms with Crippen LogP contribution in [0.3, 0.4) is 0 Å². The van der Waals surface area contributed by atoms with Gasteiger partial charge in [0.15, 0.2) is 0 Å². The zero-order chi connectivity index (χ0) is 26.3. The van der Waals surface area contributed by atoms with Crippen LogP contribution in [0, 0.1) is 5.92 Å². The molecule has 0 saturated carbocycles. The largest absolute Gasteiger partial charge is 0.466 e. The molecule has 1 heterocycles. The van der Waals surface area contributed by atoms with E-state index in [2.05, 4.69) is 17.9 Å². The van der Waals surface area contributed by atoms with Crippen LogP contribution in [0.15, 0.2) is 59.8 Å². The van der Waals surface area contributed by atoms with E-state index in [0.29, 0.717) is 32.0 Å². The van der Waals surface area contributed by atoms with E-state index in [4.69, 9.17) is 9.47 Å². The molecule has 2 rings (SSSR count). The molecular weight excluding hydrogens is 457 g/mol. The van der Waals surface area contributed by atoms with Crippen molar-refractivity contribution in [2.24, 2.45) is 5.92 Å². The summed E-state index contributed by atoms with van der Waals surface area (Å²) in [5.74, 6) is -0.218. The van der Waals surface area contributed by atoms with Crippen molar-refractivity contribution >= 4 is 5.97 Å². The fourth-order valence-electron chi connectivity index (χ4n) is 4.53. The van der Waals surface area contributed by atoms with Gasteiger partial charge in [-0.25, -0.2) is 4.39 Å². The molecule has 0 aromatic heterocycles. The van der Waals surface area contributed by atoms with Crippen LogP contribution in [0.5, 0.6) is 0 Å². The van der Waals surface area contributed by atoms with Gasteiger partial charge >= 0.3 is 5.97 Å². The third-order valence-electron chi connectivity index (χ3n) is 6.70. The maximum atomic E-state index is 14.0. The average molecular weight is 504 g/mol. The first-order valence-electron chi connectivity index (χ1n) is 13.6. The van der Waals surface area contributed by atoms with Crippen molar-refractivity contribution < 1.29 is 23.8 Å². The zero-order valence-electron chi connectivity index (χ0n) is 22.6. The van der Waals surface area contributed by atoms with Crippen LogP contribution < -0.4 is 0 Å². The molecule has 0 aromatic carbocycles. The predicted molar refractivity (Wildman–Crippen MR) is 144 cm³/mol. The maximum Gasteiger partial charge on any atom is 0.306 e. The number of aliphatic hydroxyl groups excluding tert-OH is 1. The first-order valence-corrected chi connectivity index (χ1v) is 13.6. The minimum atomic E-state index is -0.899. The van der Waals surface area contributed by atoms with Gasteiger partial charge < -0.3 is 14.6 Å². The van der Waals surface area contributed by atoms with E-state index in [1.54, 1.807) is 6.08 Å².